The molecule has 4 aliphatic rings. The van der Waals surface area contributed by atoms with Gasteiger partial charge in [0.2, 0.25) is 0 Å². The maximum absolute atomic E-state index is 6.01. The van der Waals surface area contributed by atoms with Gasteiger partial charge in [-0.3, -0.25) is 4.99 Å². The van der Waals surface area contributed by atoms with Crippen LogP contribution >= 0.6 is 0 Å². The van der Waals surface area contributed by atoms with E-state index in [1.807, 2.05) is 0 Å². The second-order valence-electron chi connectivity index (χ2n) is 8.90. The maximum Gasteiger partial charge on any atom is 0.191 e. The van der Waals surface area contributed by atoms with E-state index in [1.54, 1.807) is 0 Å². The van der Waals surface area contributed by atoms with Crippen molar-refractivity contribution in [1.82, 2.24) is 10.6 Å². The summed E-state index contributed by atoms with van der Waals surface area (Å²) in [5.41, 5.74) is 1.42. The highest BCUT2D eigenvalue weighted by molar-refractivity contribution is 5.80. The van der Waals surface area contributed by atoms with Crippen molar-refractivity contribution in [3.8, 4) is 11.5 Å². The van der Waals surface area contributed by atoms with E-state index in [2.05, 4.69) is 35.8 Å². The van der Waals surface area contributed by atoms with E-state index in [4.69, 9.17) is 19.2 Å². The fraction of sp³-hybridized carbons (Fsp3) is 0.696. The summed E-state index contributed by atoms with van der Waals surface area (Å²) in [6.07, 6.45) is 9.14. The highest BCUT2D eigenvalue weighted by Crippen LogP contribution is 2.44. The van der Waals surface area contributed by atoms with E-state index < -0.39 is 0 Å². The fourth-order valence-electron chi connectivity index (χ4n) is 5.48. The second kappa shape index (κ2) is 8.05. The lowest BCUT2D eigenvalue weighted by molar-refractivity contribution is 0.0992. The topological polar surface area (TPSA) is 64.1 Å². The van der Waals surface area contributed by atoms with Crippen LogP contribution in [0.5, 0.6) is 11.5 Å². The first-order chi connectivity index (χ1) is 14.3. The van der Waals surface area contributed by atoms with Crippen molar-refractivity contribution < 1.29 is 14.2 Å². The molecular weight excluding hydrogens is 366 g/mol. The molecule has 1 aliphatic carbocycles. The molecule has 3 aliphatic heterocycles. The fourth-order valence-corrected chi connectivity index (χ4v) is 5.48. The summed E-state index contributed by atoms with van der Waals surface area (Å²) in [5.74, 6) is 2.67. The molecule has 158 valence electrons. The smallest absolute Gasteiger partial charge is 0.191 e. The summed E-state index contributed by atoms with van der Waals surface area (Å²) < 4.78 is 17.6. The number of ether oxygens (including phenoxy) is 3. The van der Waals surface area contributed by atoms with Crippen LogP contribution in [0.2, 0.25) is 0 Å². The van der Waals surface area contributed by atoms with E-state index >= 15 is 0 Å². The van der Waals surface area contributed by atoms with Crippen LogP contribution in [0, 0.1) is 0 Å². The summed E-state index contributed by atoms with van der Waals surface area (Å²) in [4.78, 5) is 5.07. The molecule has 3 fully saturated rings. The van der Waals surface area contributed by atoms with Crippen LogP contribution in [0.3, 0.4) is 0 Å². The van der Waals surface area contributed by atoms with Gasteiger partial charge in [0, 0.05) is 12.0 Å². The SMILES string of the molecule is CCNC(=NCC1(c2ccc3c(c2)OCCO3)CCCC1)NC1CC2CCC1O2. The number of aliphatic imine (C=N–C) groups is 1. The van der Waals surface area contributed by atoms with Gasteiger partial charge in [0.1, 0.15) is 13.2 Å². The molecule has 5 rings (SSSR count). The summed E-state index contributed by atoms with van der Waals surface area (Å²) >= 11 is 0. The Bertz CT molecular complexity index is 760. The molecule has 2 N–H and O–H groups in total. The monoisotopic (exact) mass is 399 g/mol. The Hall–Kier alpha value is -1.95. The van der Waals surface area contributed by atoms with Gasteiger partial charge in [0.05, 0.1) is 24.8 Å². The predicted octanol–water partition coefficient (Wildman–Crippen LogP) is 3.14. The average molecular weight is 400 g/mol. The van der Waals surface area contributed by atoms with Crippen LogP contribution in [0.25, 0.3) is 0 Å². The molecule has 0 aromatic heterocycles. The van der Waals surface area contributed by atoms with Crippen molar-refractivity contribution in [3.63, 3.8) is 0 Å². The van der Waals surface area contributed by atoms with E-state index in [0.29, 0.717) is 31.5 Å². The lowest BCUT2D eigenvalue weighted by Gasteiger charge is -2.30. The minimum atomic E-state index is 0.0867. The van der Waals surface area contributed by atoms with Crippen LogP contribution in [-0.2, 0) is 10.2 Å². The molecule has 29 heavy (non-hydrogen) atoms. The third kappa shape index (κ3) is 3.79. The molecule has 2 saturated heterocycles. The highest BCUT2D eigenvalue weighted by atomic mass is 16.6. The Balaban J connectivity index is 1.34. The van der Waals surface area contributed by atoms with Crippen molar-refractivity contribution in [2.75, 3.05) is 26.3 Å². The largest absolute Gasteiger partial charge is 0.486 e. The molecule has 6 heteroatoms. The van der Waals surface area contributed by atoms with Crippen molar-refractivity contribution in [2.45, 2.75) is 75.5 Å². The summed E-state index contributed by atoms with van der Waals surface area (Å²) in [6.45, 7) is 5.04. The van der Waals surface area contributed by atoms with E-state index in [1.165, 1.54) is 44.1 Å². The molecule has 3 unspecified atom stereocenters. The van der Waals surface area contributed by atoms with Gasteiger partial charge in [-0.1, -0.05) is 18.9 Å². The van der Waals surface area contributed by atoms with Gasteiger partial charge in [-0.05, 0) is 56.7 Å². The molecule has 2 bridgehead atoms. The van der Waals surface area contributed by atoms with Gasteiger partial charge < -0.3 is 24.8 Å². The molecule has 3 atom stereocenters. The quantitative estimate of drug-likeness (QED) is 0.588. The van der Waals surface area contributed by atoms with Gasteiger partial charge in [-0.25, -0.2) is 0 Å². The Kier molecular flexibility index (Phi) is 5.29. The first-order valence-electron chi connectivity index (χ1n) is 11.4. The average Bonchev–Trinajstić information content (AvgIpc) is 3.50. The van der Waals surface area contributed by atoms with Crippen molar-refractivity contribution >= 4 is 5.96 Å². The molecule has 1 saturated carbocycles. The standard InChI is InChI=1S/C23H33N3O3/c1-2-24-22(26-18-14-17-6-8-19(18)29-17)25-15-23(9-3-4-10-23)16-5-7-20-21(13-16)28-12-11-27-20/h5,7,13,17-19H,2-4,6,8-12,14-15H2,1H3,(H2,24,25,26). The van der Waals surface area contributed by atoms with Gasteiger partial charge >= 0.3 is 0 Å². The molecule has 1 aromatic rings. The van der Waals surface area contributed by atoms with Crippen LogP contribution in [-0.4, -0.2) is 50.5 Å². The number of benzene rings is 1. The predicted molar refractivity (Wildman–Crippen MR) is 113 cm³/mol. The summed E-state index contributed by atoms with van der Waals surface area (Å²) in [6, 6.07) is 6.88. The number of nitrogens with one attached hydrogen (secondary N) is 2. The minimum absolute atomic E-state index is 0.0867. The highest BCUT2D eigenvalue weighted by Gasteiger charge is 2.41. The van der Waals surface area contributed by atoms with Crippen molar-refractivity contribution in [1.29, 1.82) is 0 Å². The van der Waals surface area contributed by atoms with Crippen LogP contribution in [0.15, 0.2) is 23.2 Å². The van der Waals surface area contributed by atoms with E-state index in [9.17, 15) is 0 Å². The third-order valence-corrected chi connectivity index (χ3v) is 7.03. The lowest BCUT2D eigenvalue weighted by Crippen LogP contribution is -2.48. The Morgan fingerprint density at radius 2 is 1.97 bits per heavy atom. The number of fused-ring (bicyclic) bond motifs is 3. The van der Waals surface area contributed by atoms with Gasteiger partial charge in [-0.2, -0.15) is 0 Å². The Morgan fingerprint density at radius 3 is 2.69 bits per heavy atom. The molecule has 3 heterocycles. The molecule has 0 amide bonds. The first kappa shape index (κ1) is 19.0. The van der Waals surface area contributed by atoms with E-state index in [-0.39, 0.29) is 5.41 Å². The number of guanidine groups is 1. The molecule has 1 aromatic carbocycles. The molecular formula is C23H33N3O3. The van der Waals surface area contributed by atoms with Crippen molar-refractivity contribution in [3.05, 3.63) is 23.8 Å². The zero-order valence-electron chi connectivity index (χ0n) is 17.4. The normalized spacial score (nSPS) is 29.8. The zero-order chi connectivity index (χ0) is 19.7. The van der Waals surface area contributed by atoms with E-state index in [0.717, 1.165) is 37.0 Å². The second-order valence-corrected chi connectivity index (χ2v) is 8.90. The minimum Gasteiger partial charge on any atom is -0.486 e. The number of hydrogen-bond donors (Lipinski definition) is 2. The van der Waals surface area contributed by atoms with Gasteiger partial charge in [-0.15, -0.1) is 0 Å². The van der Waals surface area contributed by atoms with Gasteiger partial charge in [0.25, 0.3) is 0 Å². The summed E-state index contributed by atoms with van der Waals surface area (Å²) in [7, 11) is 0. The van der Waals surface area contributed by atoms with Crippen molar-refractivity contribution in [2.24, 2.45) is 4.99 Å². The van der Waals surface area contributed by atoms with Crippen LogP contribution < -0.4 is 20.1 Å². The number of rotatable bonds is 5. The van der Waals surface area contributed by atoms with Crippen LogP contribution in [0.1, 0.15) is 57.4 Å². The zero-order valence-corrected chi connectivity index (χ0v) is 17.4. The first-order valence-corrected chi connectivity index (χ1v) is 11.4. The third-order valence-electron chi connectivity index (χ3n) is 7.03. The maximum atomic E-state index is 6.01. The molecule has 0 radical (unpaired) electrons. The van der Waals surface area contributed by atoms with Gasteiger partial charge in [0.15, 0.2) is 17.5 Å². The Labute approximate surface area is 173 Å². The number of hydrogen-bond acceptors (Lipinski definition) is 4. The number of nitrogens with zero attached hydrogens (tertiary/aromatic N) is 1. The lowest BCUT2D eigenvalue weighted by atomic mass is 9.79. The van der Waals surface area contributed by atoms with Crippen LogP contribution in [0.4, 0.5) is 0 Å². The summed E-state index contributed by atoms with van der Waals surface area (Å²) in [5, 5.41) is 7.11. The molecule has 0 spiro atoms. The molecule has 6 nitrogen and oxygen atoms in total. The Morgan fingerprint density at radius 1 is 1.14 bits per heavy atom.